The van der Waals surface area contributed by atoms with E-state index in [9.17, 15) is 4.79 Å². The highest BCUT2D eigenvalue weighted by Crippen LogP contribution is 2.30. The highest BCUT2D eigenvalue weighted by Gasteiger charge is 2.18. The molecule has 0 spiro atoms. The summed E-state index contributed by atoms with van der Waals surface area (Å²) in [6.07, 6.45) is 3.57. The minimum atomic E-state index is 0. The molecule has 1 aliphatic carbocycles. The molecule has 0 atom stereocenters. The lowest BCUT2D eigenvalue weighted by Crippen LogP contribution is -2.46. The van der Waals surface area contributed by atoms with Crippen LogP contribution < -0.4 is 10.6 Å². The van der Waals surface area contributed by atoms with Crippen LogP contribution in [0.25, 0.3) is 0 Å². The molecule has 20 heavy (non-hydrogen) atoms. The number of carbonyl (C=O) groups excluding carboxylic acids is 1. The Bertz CT molecular complexity index is 436. The Morgan fingerprint density at radius 3 is 2.90 bits per heavy atom. The number of carbonyl (C=O) groups is 1. The molecule has 1 fully saturated rings. The van der Waals surface area contributed by atoms with Crippen molar-refractivity contribution in [2.45, 2.75) is 19.3 Å². The van der Waals surface area contributed by atoms with E-state index in [4.69, 9.17) is 0 Å². The normalized spacial score (nSPS) is 18.4. The number of thiophene rings is 1. The van der Waals surface area contributed by atoms with Crippen molar-refractivity contribution in [1.29, 1.82) is 0 Å². The second-order valence-corrected chi connectivity index (χ2v) is 6.40. The van der Waals surface area contributed by atoms with Gasteiger partial charge in [0, 0.05) is 44.1 Å². The third-order valence-corrected chi connectivity index (χ3v) is 5.13. The van der Waals surface area contributed by atoms with Gasteiger partial charge in [-0.15, -0.1) is 23.7 Å². The van der Waals surface area contributed by atoms with Crippen LogP contribution in [-0.2, 0) is 12.8 Å². The van der Waals surface area contributed by atoms with Gasteiger partial charge in [-0.3, -0.25) is 9.69 Å². The summed E-state index contributed by atoms with van der Waals surface area (Å²) in [5.41, 5.74) is 1.40. The number of nitrogens with zero attached hydrogens (tertiary/aromatic N) is 1. The summed E-state index contributed by atoms with van der Waals surface area (Å²) in [4.78, 5) is 16.8. The van der Waals surface area contributed by atoms with Crippen LogP contribution in [0.3, 0.4) is 0 Å². The third kappa shape index (κ3) is 3.73. The van der Waals surface area contributed by atoms with Gasteiger partial charge >= 0.3 is 0 Å². The molecule has 1 aliphatic heterocycles. The van der Waals surface area contributed by atoms with Crippen LogP contribution in [-0.4, -0.2) is 50.1 Å². The van der Waals surface area contributed by atoms with Crippen molar-refractivity contribution in [2.75, 3.05) is 39.3 Å². The van der Waals surface area contributed by atoms with Crippen LogP contribution in [0, 0.1) is 0 Å². The molecule has 2 N–H and O–H groups in total. The fraction of sp³-hybridized carbons (Fsp3) is 0.643. The first-order valence-electron chi connectivity index (χ1n) is 7.16. The van der Waals surface area contributed by atoms with Gasteiger partial charge in [-0.25, -0.2) is 0 Å². The average molecular weight is 316 g/mol. The first kappa shape index (κ1) is 15.8. The highest BCUT2D eigenvalue weighted by molar-refractivity contribution is 7.14. The smallest absolute Gasteiger partial charge is 0.261 e. The largest absolute Gasteiger partial charge is 0.350 e. The van der Waals surface area contributed by atoms with Gasteiger partial charge < -0.3 is 10.6 Å². The Morgan fingerprint density at radius 1 is 1.35 bits per heavy atom. The second kappa shape index (κ2) is 7.41. The Labute approximate surface area is 130 Å². The maximum absolute atomic E-state index is 12.1. The molecule has 112 valence electrons. The molecule has 0 bridgehead atoms. The van der Waals surface area contributed by atoms with E-state index < -0.39 is 0 Å². The number of fused-ring (bicyclic) bond motifs is 1. The van der Waals surface area contributed by atoms with E-state index in [1.807, 2.05) is 0 Å². The van der Waals surface area contributed by atoms with E-state index >= 15 is 0 Å². The van der Waals surface area contributed by atoms with Gasteiger partial charge in [0.25, 0.3) is 5.91 Å². The molecule has 2 aliphatic rings. The minimum absolute atomic E-state index is 0. The maximum Gasteiger partial charge on any atom is 0.261 e. The van der Waals surface area contributed by atoms with E-state index in [-0.39, 0.29) is 18.3 Å². The molecule has 2 heterocycles. The number of hydrogen-bond donors (Lipinski definition) is 2. The number of aryl methyl sites for hydroxylation is 2. The number of nitrogens with one attached hydrogen (secondary N) is 2. The van der Waals surface area contributed by atoms with Gasteiger partial charge in [0.05, 0.1) is 4.88 Å². The van der Waals surface area contributed by atoms with Crippen molar-refractivity contribution in [1.82, 2.24) is 15.5 Å². The fourth-order valence-corrected chi connectivity index (χ4v) is 3.96. The first-order valence-corrected chi connectivity index (χ1v) is 7.97. The molecule has 1 aromatic rings. The van der Waals surface area contributed by atoms with Crippen LogP contribution in [0.4, 0.5) is 0 Å². The van der Waals surface area contributed by atoms with Crippen molar-refractivity contribution in [3.8, 4) is 0 Å². The summed E-state index contributed by atoms with van der Waals surface area (Å²) in [5, 5.41) is 6.38. The second-order valence-electron chi connectivity index (χ2n) is 5.26. The lowest BCUT2D eigenvalue weighted by Gasteiger charge is -2.27. The minimum Gasteiger partial charge on any atom is -0.350 e. The highest BCUT2D eigenvalue weighted by atomic mass is 35.5. The van der Waals surface area contributed by atoms with Crippen molar-refractivity contribution >= 4 is 29.7 Å². The van der Waals surface area contributed by atoms with Gasteiger partial charge in [-0.1, -0.05) is 0 Å². The predicted octanol–water partition coefficient (Wildman–Crippen LogP) is 1.29. The summed E-state index contributed by atoms with van der Waals surface area (Å²) >= 11 is 1.68. The van der Waals surface area contributed by atoms with E-state index in [0.29, 0.717) is 0 Å². The van der Waals surface area contributed by atoms with Crippen molar-refractivity contribution < 1.29 is 4.79 Å². The molecule has 0 saturated carbocycles. The fourth-order valence-electron chi connectivity index (χ4n) is 2.79. The third-order valence-electron chi connectivity index (χ3n) is 3.89. The summed E-state index contributed by atoms with van der Waals surface area (Å²) < 4.78 is 0. The van der Waals surface area contributed by atoms with Gasteiger partial charge in [0.1, 0.15) is 0 Å². The zero-order chi connectivity index (χ0) is 13.1. The van der Waals surface area contributed by atoms with Crippen molar-refractivity contribution in [3.05, 3.63) is 21.4 Å². The number of amides is 1. The molecular formula is C14H22ClN3OS. The van der Waals surface area contributed by atoms with Crippen LogP contribution in [0.15, 0.2) is 6.07 Å². The Kier molecular flexibility index (Phi) is 5.84. The van der Waals surface area contributed by atoms with Crippen molar-refractivity contribution in [2.24, 2.45) is 0 Å². The average Bonchev–Trinajstić information content (AvgIpc) is 3.00. The summed E-state index contributed by atoms with van der Waals surface area (Å²) in [5.74, 6) is 0.106. The molecule has 0 radical (unpaired) electrons. The number of halogens is 1. The quantitative estimate of drug-likeness (QED) is 0.880. The summed E-state index contributed by atoms with van der Waals surface area (Å²) in [7, 11) is 0. The van der Waals surface area contributed by atoms with Crippen LogP contribution in [0.1, 0.15) is 26.5 Å². The topological polar surface area (TPSA) is 44.4 Å². The van der Waals surface area contributed by atoms with E-state index in [1.54, 1.807) is 11.3 Å². The molecule has 0 unspecified atom stereocenters. The van der Waals surface area contributed by atoms with E-state index in [1.165, 1.54) is 16.9 Å². The predicted molar refractivity (Wildman–Crippen MR) is 85.2 cm³/mol. The molecule has 1 aromatic heterocycles. The van der Waals surface area contributed by atoms with Gasteiger partial charge in [-0.2, -0.15) is 0 Å². The number of rotatable bonds is 4. The maximum atomic E-state index is 12.1. The van der Waals surface area contributed by atoms with E-state index in [0.717, 1.165) is 57.0 Å². The first-order chi connectivity index (χ1) is 9.33. The molecule has 4 nitrogen and oxygen atoms in total. The van der Waals surface area contributed by atoms with Gasteiger partial charge in [0.15, 0.2) is 0 Å². The molecule has 1 saturated heterocycles. The number of piperazine rings is 1. The summed E-state index contributed by atoms with van der Waals surface area (Å²) in [6, 6.07) is 2.09. The SMILES string of the molecule is Cl.O=C(NCCN1CCNCC1)c1cc2c(s1)CCC2. The van der Waals surface area contributed by atoms with Gasteiger partial charge in [-0.05, 0) is 30.9 Å². The zero-order valence-corrected chi connectivity index (χ0v) is 13.2. The van der Waals surface area contributed by atoms with Crippen LogP contribution in [0.5, 0.6) is 0 Å². The molecule has 3 rings (SSSR count). The number of hydrogen-bond acceptors (Lipinski definition) is 4. The molecule has 1 amide bonds. The Morgan fingerprint density at radius 2 is 2.15 bits per heavy atom. The Hall–Kier alpha value is -0.620. The monoisotopic (exact) mass is 315 g/mol. The lowest BCUT2D eigenvalue weighted by atomic mass is 10.2. The molecular weight excluding hydrogens is 294 g/mol. The van der Waals surface area contributed by atoms with Gasteiger partial charge in [0.2, 0.25) is 0 Å². The van der Waals surface area contributed by atoms with Crippen molar-refractivity contribution in [3.63, 3.8) is 0 Å². The van der Waals surface area contributed by atoms with Crippen LogP contribution in [0.2, 0.25) is 0 Å². The van der Waals surface area contributed by atoms with E-state index in [2.05, 4.69) is 21.6 Å². The molecule has 6 heteroatoms. The Balaban J connectivity index is 0.00000147. The van der Waals surface area contributed by atoms with Crippen LogP contribution >= 0.6 is 23.7 Å². The zero-order valence-electron chi connectivity index (χ0n) is 11.6. The molecule has 0 aromatic carbocycles. The lowest BCUT2D eigenvalue weighted by molar-refractivity contribution is 0.0951. The standard InChI is InChI=1S/C14H21N3OS.ClH/c18-14(13-10-11-2-1-3-12(11)19-13)16-6-9-17-7-4-15-5-8-17;/h10,15H,1-9H2,(H,16,18);1H. The summed E-state index contributed by atoms with van der Waals surface area (Å²) in [6.45, 7) is 6.00.